The minimum absolute atomic E-state index is 0.0327. The quantitative estimate of drug-likeness (QED) is 0.906. The number of rotatable bonds is 2. The number of carbonyl (C=O) groups excluding carboxylic acids is 1. The highest BCUT2D eigenvalue weighted by atomic mass is 35.5. The van der Waals surface area contributed by atoms with E-state index in [1.165, 1.54) is 19.3 Å². The number of aromatic nitrogens is 1. The molecule has 3 nitrogen and oxygen atoms in total. The fraction of sp³-hybridized carbons (Fsp3) is 0.625. The number of halogens is 1. The lowest BCUT2D eigenvalue weighted by Gasteiger charge is -2.56. The molecule has 0 aromatic carbocycles. The number of pyridine rings is 1. The summed E-state index contributed by atoms with van der Waals surface area (Å²) < 4.78 is 0. The van der Waals surface area contributed by atoms with Crippen LogP contribution in [0.25, 0.3) is 0 Å². The van der Waals surface area contributed by atoms with Gasteiger partial charge in [0.05, 0.1) is 10.6 Å². The summed E-state index contributed by atoms with van der Waals surface area (Å²) in [6.07, 6.45) is 10.8. The first-order valence-corrected chi connectivity index (χ1v) is 7.93. The van der Waals surface area contributed by atoms with Crippen molar-refractivity contribution in [2.45, 2.75) is 44.1 Å². The van der Waals surface area contributed by atoms with Crippen molar-refractivity contribution in [2.24, 2.45) is 17.8 Å². The Labute approximate surface area is 124 Å². The highest BCUT2D eigenvalue weighted by Gasteiger charge is 2.51. The van der Waals surface area contributed by atoms with Crippen LogP contribution in [0.4, 0.5) is 0 Å². The lowest BCUT2D eigenvalue weighted by molar-refractivity contribution is -0.0167. The largest absolute Gasteiger partial charge is 0.346 e. The van der Waals surface area contributed by atoms with Crippen LogP contribution in [0.5, 0.6) is 0 Å². The molecule has 5 rings (SSSR count). The fourth-order valence-corrected chi connectivity index (χ4v) is 5.31. The number of hydrogen-bond donors (Lipinski definition) is 1. The van der Waals surface area contributed by atoms with E-state index in [2.05, 4.69) is 10.3 Å². The molecule has 4 aliphatic carbocycles. The minimum atomic E-state index is -0.0509. The van der Waals surface area contributed by atoms with Crippen LogP contribution < -0.4 is 5.32 Å². The Balaban J connectivity index is 1.57. The van der Waals surface area contributed by atoms with Gasteiger partial charge in [-0.25, -0.2) is 0 Å². The van der Waals surface area contributed by atoms with E-state index in [9.17, 15) is 4.79 Å². The van der Waals surface area contributed by atoms with Gasteiger partial charge in [-0.15, -0.1) is 0 Å². The third-order valence-electron chi connectivity index (χ3n) is 5.43. The van der Waals surface area contributed by atoms with E-state index < -0.39 is 0 Å². The maximum Gasteiger partial charge on any atom is 0.254 e. The third-order valence-corrected chi connectivity index (χ3v) is 5.76. The van der Waals surface area contributed by atoms with Crippen LogP contribution in [-0.2, 0) is 0 Å². The van der Waals surface area contributed by atoms with E-state index in [1.54, 1.807) is 18.5 Å². The van der Waals surface area contributed by atoms with E-state index in [0.29, 0.717) is 10.6 Å². The van der Waals surface area contributed by atoms with E-state index in [4.69, 9.17) is 11.6 Å². The van der Waals surface area contributed by atoms with Crippen LogP contribution in [-0.4, -0.2) is 16.4 Å². The topological polar surface area (TPSA) is 42.0 Å². The van der Waals surface area contributed by atoms with Crippen LogP contribution >= 0.6 is 11.6 Å². The van der Waals surface area contributed by atoms with Gasteiger partial charge in [-0.3, -0.25) is 9.78 Å². The summed E-state index contributed by atoms with van der Waals surface area (Å²) in [5.74, 6) is 2.42. The Kier molecular flexibility index (Phi) is 2.81. The molecule has 0 atom stereocenters. The average molecular weight is 291 g/mol. The van der Waals surface area contributed by atoms with Crippen LogP contribution in [0, 0.1) is 17.8 Å². The molecular formula is C16H19ClN2O. The zero-order valence-electron chi connectivity index (χ0n) is 11.4. The zero-order valence-corrected chi connectivity index (χ0v) is 12.2. The molecule has 4 bridgehead atoms. The second-order valence-electron chi connectivity index (χ2n) is 7.01. The second-order valence-corrected chi connectivity index (χ2v) is 7.41. The normalized spacial score (nSPS) is 38.0. The zero-order chi connectivity index (χ0) is 13.7. The molecule has 0 aliphatic heterocycles. The Morgan fingerprint density at radius 2 is 1.80 bits per heavy atom. The van der Waals surface area contributed by atoms with Gasteiger partial charge in [0.2, 0.25) is 0 Å². The number of nitrogens with one attached hydrogen (secondary N) is 1. The van der Waals surface area contributed by atoms with Gasteiger partial charge in [-0.05, 0) is 62.3 Å². The maximum atomic E-state index is 12.5. The number of carbonyl (C=O) groups is 1. The molecule has 1 amide bonds. The van der Waals surface area contributed by atoms with Crippen molar-refractivity contribution in [3.8, 4) is 0 Å². The van der Waals surface area contributed by atoms with Crippen LogP contribution in [0.2, 0.25) is 5.02 Å². The van der Waals surface area contributed by atoms with Crippen molar-refractivity contribution >= 4 is 17.5 Å². The molecule has 1 N–H and O–H groups in total. The van der Waals surface area contributed by atoms with Gasteiger partial charge >= 0.3 is 0 Å². The molecule has 106 valence electrons. The van der Waals surface area contributed by atoms with Crippen molar-refractivity contribution in [3.05, 3.63) is 29.0 Å². The van der Waals surface area contributed by atoms with Gasteiger partial charge in [0.1, 0.15) is 0 Å². The monoisotopic (exact) mass is 290 g/mol. The van der Waals surface area contributed by atoms with Crippen LogP contribution in [0.1, 0.15) is 48.9 Å². The molecule has 1 aromatic heterocycles. The highest BCUT2D eigenvalue weighted by molar-refractivity contribution is 6.33. The van der Waals surface area contributed by atoms with E-state index in [0.717, 1.165) is 37.0 Å². The van der Waals surface area contributed by atoms with Gasteiger partial charge in [-0.2, -0.15) is 0 Å². The maximum absolute atomic E-state index is 12.5. The molecule has 4 saturated carbocycles. The number of amides is 1. The number of hydrogen-bond acceptors (Lipinski definition) is 2. The lowest BCUT2D eigenvalue weighted by atomic mass is 9.53. The van der Waals surface area contributed by atoms with E-state index in [1.807, 2.05) is 0 Å². The number of nitrogens with zero attached hydrogens (tertiary/aromatic N) is 1. The van der Waals surface area contributed by atoms with Crippen LogP contribution in [0.15, 0.2) is 18.5 Å². The summed E-state index contributed by atoms with van der Waals surface area (Å²) in [5.41, 5.74) is 0.537. The highest BCUT2D eigenvalue weighted by Crippen LogP contribution is 2.55. The van der Waals surface area contributed by atoms with Gasteiger partial charge in [0, 0.05) is 17.9 Å². The molecule has 1 aromatic rings. The third kappa shape index (κ3) is 2.03. The van der Waals surface area contributed by atoms with Gasteiger partial charge < -0.3 is 5.32 Å². The summed E-state index contributed by atoms with van der Waals surface area (Å²) in [4.78, 5) is 16.5. The summed E-state index contributed by atoms with van der Waals surface area (Å²) in [6, 6.07) is 1.68. The van der Waals surface area contributed by atoms with Crippen molar-refractivity contribution in [1.29, 1.82) is 0 Å². The molecule has 4 heteroatoms. The fourth-order valence-electron chi connectivity index (χ4n) is 5.12. The Bertz CT molecular complexity index is 522. The second kappa shape index (κ2) is 4.45. The Morgan fingerprint density at radius 3 is 2.35 bits per heavy atom. The van der Waals surface area contributed by atoms with E-state index in [-0.39, 0.29) is 11.4 Å². The predicted octanol–water partition coefficient (Wildman–Crippen LogP) is 3.43. The molecule has 0 unspecified atom stereocenters. The standard InChI is InChI=1S/C16H19ClN2O/c17-14-1-2-18-9-13(14)15(20)19-16-6-10-3-11(7-16)5-12(4-10)8-16/h1-2,9-12H,3-8H2,(H,19,20). The lowest BCUT2D eigenvalue weighted by Crippen LogP contribution is -2.59. The van der Waals surface area contributed by atoms with Crippen molar-refractivity contribution < 1.29 is 4.79 Å². The average Bonchev–Trinajstić information content (AvgIpc) is 2.36. The molecule has 0 radical (unpaired) electrons. The molecule has 20 heavy (non-hydrogen) atoms. The summed E-state index contributed by atoms with van der Waals surface area (Å²) in [5, 5.41) is 3.81. The Morgan fingerprint density at radius 1 is 1.20 bits per heavy atom. The molecule has 0 spiro atoms. The van der Waals surface area contributed by atoms with Gasteiger partial charge in [0.15, 0.2) is 0 Å². The SMILES string of the molecule is O=C(NC12CC3CC(CC(C3)C1)C2)c1cnccc1Cl. The minimum Gasteiger partial charge on any atom is -0.346 e. The van der Waals surface area contributed by atoms with Gasteiger partial charge in [0.25, 0.3) is 5.91 Å². The first kappa shape index (κ1) is 12.6. The first-order valence-electron chi connectivity index (χ1n) is 7.56. The summed E-state index contributed by atoms with van der Waals surface area (Å²) in [6.45, 7) is 0. The van der Waals surface area contributed by atoms with E-state index >= 15 is 0 Å². The van der Waals surface area contributed by atoms with Gasteiger partial charge in [-0.1, -0.05) is 11.6 Å². The summed E-state index contributed by atoms with van der Waals surface area (Å²) in [7, 11) is 0. The predicted molar refractivity (Wildman–Crippen MR) is 77.6 cm³/mol. The first-order chi connectivity index (χ1) is 9.63. The molecule has 4 fully saturated rings. The summed E-state index contributed by atoms with van der Waals surface area (Å²) >= 11 is 6.10. The molecule has 4 aliphatic rings. The smallest absolute Gasteiger partial charge is 0.254 e. The van der Waals surface area contributed by atoms with Crippen molar-refractivity contribution in [1.82, 2.24) is 10.3 Å². The van der Waals surface area contributed by atoms with Crippen LogP contribution in [0.3, 0.4) is 0 Å². The Hall–Kier alpha value is -1.09. The molecule has 0 saturated heterocycles. The molecular weight excluding hydrogens is 272 g/mol. The van der Waals surface area contributed by atoms with Crippen molar-refractivity contribution in [3.63, 3.8) is 0 Å². The molecule has 1 heterocycles. The van der Waals surface area contributed by atoms with Crippen molar-refractivity contribution in [2.75, 3.05) is 0 Å².